The van der Waals surface area contributed by atoms with Gasteiger partial charge < -0.3 is 16.0 Å². The summed E-state index contributed by atoms with van der Waals surface area (Å²) in [5.74, 6) is 0. The summed E-state index contributed by atoms with van der Waals surface area (Å²) in [5.41, 5.74) is 6.34. The van der Waals surface area contributed by atoms with Gasteiger partial charge in [-0.1, -0.05) is 0 Å². The summed E-state index contributed by atoms with van der Waals surface area (Å²) in [7, 11) is 5.89. The van der Waals surface area contributed by atoms with Crippen molar-refractivity contribution in [2.45, 2.75) is 6.42 Å². The number of nitrogens with one attached hydrogen (secondary N) is 3. The molecule has 1 aliphatic carbocycles. The molecular weight excluding hydrogens is 277 g/mol. The van der Waals surface area contributed by atoms with E-state index in [2.05, 4.69) is 34.2 Å². The van der Waals surface area contributed by atoms with E-state index in [1.54, 1.807) is 0 Å². The zero-order chi connectivity index (χ0) is 10.8. The van der Waals surface area contributed by atoms with Crippen LogP contribution in [0.25, 0.3) is 6.08 Å². The number of anilines is 2. The van der Waals surface area contributed by atoms with Crippen molar-refractivity contribution in [1.29, 1.82) is 0 Å². The molecule has 3 nitrogen and oxygen atoms in total. The smallest absolute Gasteiger partial charge is 0.0416 e. The predicted molar refractivity (Wildman–Crippen MR) is 66.3 cm³/mol. The second-order valence-electron chi connectivity index (χ2n) is 3.65. The summed E-state index contributed by atoms with van der Waals surface area (Å²) < 4.78 is 0. The van der Waals surface area contributed by atoms with Crippen molar-refractivity contribution in [2.75, 3.05) is 31.8 Å². The van der Waals surface area contributed by atoms with Crippen molar-refractivity contribution in [3.8, 4) is 0 Å². The van der Waals surface area contributed by atoms with Gasteiger partial charge in [0.15, 0.2) is 0 Å². The first kappa shape index (κ1) is 13.3. The van der Waals surface area contributed by atoms with Crippen molar-refractivity contribution >= 4 is 17.5 Å². The molecule has 3 N–H and O–H groups in total. The molecule has 0 amide bonds. The Morgan fingerprint density at radius 1 is 0.938 bits per heavy atom. The number of allylic oxidation sites excluding steroid dienone is 1. The van der Waals surface area contributed by atoms with Gasteiger partial charge in [-0.05, 0) is 23.8 Å². The first-order valence-electron chi connectivity index (χ1n) is 5.20. The molecule has 84 valence electrons. The minimum atomic E-state index is 0. The number of hydrogen-bond donors (Lipinski definition) is 3. The van der Waals surface area contributed by atoms with Crippen LogP contribution in [0.3, 0.4) is 0 Å². The molecule has 0 spiro atoms. The van der Waals surface area contributed by atoms with Gasteiger partial charge in [0.1, 0.15) is 0 Å². The summed E-state index contributed by atoms with van der Waals surface area (Å²) in [5, 5.41) is 9.68. The molecule has 0 bridgehead atoms. The fourth-order valence-electron chi connectivity index (χ4n) is 2.05. The minimum Gasteiger partial charge on any atom is -0.391 e. The standard InChI is InChI=1S/C12H17N3.Zr/c1-13-8-6-9-10(7-8)12(15-3)5-4-11(9)14-2;/h4-6,13-15H,7H2,1-3H3;. The molecule has 1 aromatic rings. The summed E-state index contributed by atoms with van der Waals surface area (Å²) in [6.45, 7) is 0. The number of hydrogen-bond acceptors (Lipinski definition) is 3. The van der Waals surface area contributed by atoms with E-state index >= 15 is 0 Å². The van der Waals surface area contributed by atoms with E-state index in [1.165, 1.54) is 28.2 Å². The molecule has 2 rings (SSSR count). The Labute approximate surface area is 116 Å². The van der Waals surface area contributed by atoms with Gasteiger partial charge in [-0.2, -0.15) is 0 Å². The Morgan fingerprint density at radius 3 is 2.12 bits per heavy atom. The van der Waals surface area contributed by atoms with Crippen LogP contribution in [0, 0.1) is 0 Å². The molecule has 0 unspecified atom stereocenters. The van der Waals surface area contributed by atoms with Crippen molar-refractivity contribution in [3.05, 3.63) is 29.0 Å². The summed E-state index contributed by atoms with van der Waals surface area (Å²) in [6, 6.07) is 4.23. The van der Waals surface area contributed by atoms with Crippen LogP contribution < -0.4 is 16.0 Å². The minimum absolute atomic E-state index is 0. The molecule has 1 aromatic carbocycles. The van der Waals surface area contributed by atoms with Crippen LogP contribution in [-0.4, -0.2) is 21.1 Å². The Morgan fingerprint density at radius 2 is 1.56 bits per heavy atom. The van der Waals surface area contributed by atoms with E-state index < -0.39 is 0 Å². The van der Waals surface area contributed by atoms with Gasteiger partial charge in [-0.15, -0.1) is 0 Å². The van der Waals surface area contributed by atoms with Crippen LogP contribution in [0.5, 0.6) is 0 Å². The van der Waals surface area contributed by atoms with Gasteiger partial charge in [-0.25, -0.2) is 0 Å². The van der Waals surface area contributed by atoms with Crippen molar-refractivity contribution < 1.29 is 26.2 Å². The van der Waals surface area contributed by atoms with Crippen LogP contribution in [0.2, 0.25) is 0 Å². The SMILES string of the molecule is CNC1=Cc2c(NC)ccc(NC)c2C1.[Zr]. The quantitative estimate of drug-likeness (QED) is 0.797. The molecule has 0 aromatic heterocycles. The molecule has 0 saturated heterocycles. The maximum atomic E-state index is 3.23. The maximum absolute atomic E-state index is 3.23. The Hall–Kier alpha value is -0.757. The molecule has 0 fully saturated rings. The molecule has 0 atom stereocenters. The molecule has 0 saturated carbocycles. The predicted octanol–water partition coefficient (Wildman–Crippen LogP) is 1.88. The second kappa shape index (κ2) is 5.54. The zero-order valence-electron chi connectivity index (χ0n) is 9.94. The second-order valence-corrected chi connectivity index (χ2v) is 3.65. The third-order valence-corrected chi connectivity index (χ3v) is 2.90. The van der Waals surface area contributed by atoms with Crippen LogP contribution in [0.15, 0.2) is 17.8 Å². The largest absolute Gasteiger partial charge is 0.391 e. The monoisotopic (exact) mass is 293 g/mol. The molecule has 0 heterocycles. The Kier molecular flexibility index (Phi) is 4.60. The van der Waals surface area contributed by atoms with Gasteiger partial charge in [0, 0.05) is 76.4 Å². The third-order valence-electron chi connectivity index (χ3n) is 2.90. The fraction of sp³-hybridized carbons (Fsp3) is 0.333. The van der Waals surface area contributed by atoms with Gasteiger partial charge >= 0.3 is 0 Å². The van der Waals surface area contributed by atoms with E-state index in [9.17, 15) is 0 Å². The number of benzene rings is 1. The first-order valence-corrected chi connectivity index (χ1v) is 5.20. The molecular formula is C12H17N3Zr. The van der Waals surface area contributed by atoms with E-state index in [-0.39, 0.29) is 26.2 Å². The summed E-state index contributed by atoms with van der Waals surface area (Å²) in [6.07, 6.45) is 3.19. The van der Waals surface area contributed by atoms with Crippen molar-refractivity contribution in [3.63, 3.8) is 0 Å². The van der Waals surface area contributed by atoms with Crippen molar-refractivity contribution in [1.82, 2.24) is 5.32 Å². The molecule has 16 heavy (non-hydrogen) atoms. The summed E-state index contributed by atoms with van der Waals surface area (Å²) in [4.78, 5) is 0. The van der Waals surface area contributed by atoms with E-state index in [0.29, 0.717) is 0 Å². The molecule has 0 radical (unpaired) electrons. The average Bonchev–Trinajstić information content (AvgIpc) is 2.71. The van der Waals surface area contributed by atoms with Crippen LogP contribution in [-0.2, 0) is 32.6 Å². The number of rotatable bonds is 3. The first-order chi connectivity index (χ1) is 7.30. The normalized spacial score (nSPS) is 12.3. The van der Waals surface area contributed by atoms with Gasteiger partial charge in [0.2, 0.25) is 0 Å². The van der Waals surface area contributed by atoms with Crippen LogP contribution in [0.4, 0.5) is 11.4 Å². The Bertz CT molecular complexity index is 413. The van der Waals surface area contributed by atoms with Gasteiger partial charge in [0.25, 0.3) is 0 Å². The third kappa shape index (κ3) is 2.17. The van der Waals surface area contributed by atoms with Crippen molar-refractivity contribution in [2.24, 2.45) is 0 Å². The van der Waals surface area contributed by atoms with Crippen LogP contribution in [0.1, 0.15) is 11.1 Å². The zero-order valence-corrected chi connectivity index (χ0v) is 12.4. The average molecular weight is 295 g/mol. The van der Waals surface area contributed by atoms with E-state index in [0.717, 1.165) is 6.42 Å². The molecule has 0 aliphatic heterocycles. The van der Waals surface area contributed by atoms with Gasteiger partial charge in [0.05, 0.1) is 0 Å². The fourth-order valence-corrected chi connectivity index (χ4v) is 2.05. The topological polar surface area (TPSA) is 36.1 Å². The summed E-state index contributed by atoms with van der Waals surface area (Å²) >= 11 is 0. The van der Waals surface area contributed by atoms with Gasteiger partial charge in [-0.3, -0.25) is 0 Å². The molecule has 1 aliphatic rings. The Balaban J connectivity index is 0.00000128. The van der Waals surface area contributed by atoms with E-state index in [4.69, 9.17) is 0 Å². The van der Waals surface area contributed by atoms with Crippen LogP contribution >= 0.6 is 0 Å². The molecule has 4 heteroatoms. The van der Waals surface area contributed by atoms with E-state index in [1.807, 2.05) is 21.1 Å². The number of likely N-dealkylation sites (N-methyl/N-ethyl adjacent to an activating group) is 1. The number of fused-ring (bicyclic) bond motifs is 1. The maximum Gasteiger partial charge on any atom is 0.0416 e.